The molecule has 2 unspecified atom stereocenters. The van der Waals surface area contributed by atoms with Gasteiger partial charge >= 0.3 is 0 Å². The molecular formula is C27H49N. The zero-order valence-electron chi connectivity index (χ0n) is 19.5. The van der Waals surface area contributed by atoms with Gasteiger partial charge < -0.3 is 5.73 Å². The van der Waals surface area contributed by atoms with Gasteiger partial charge in [-0.15, -0.1) is 0 Å². The van der Waals surface area contributed by atoms with E-state index in [1.165, 1.54) is 101 Å². The molecule has 0 aliphatic carbocycles. The first kappa shape index (κ1) is 25.2. The van der Waals surface area contributed by atoms with Crippen LogP contribution in [-0.4, -0.2) is 6.04 Å². The molecule has 0 aliphatic heterocycles. The first-order valence-electron chi connectivity index (χ1n) is 12.5. The van der Waals surface area contributed by atoms with Gasteiger partial charge in [-0.3, -0.25) is 0 Å². The van der Waals surface area contributed by atoms with Crippen LogP contribution in [0.25, 0.3) is 0 Å². The van der Waals surface area contributed by atoms with Crippen LogP contribution in [0.4, 0.5) is 0 Å². The minimum atomic E-state index is 0.307. The number of unbranched alkanes of at least 4 members (excludes halogenated alkanes) is 10. The zero-order valence-corrected chi connectivity index (χ0v) is 19.5. The third-order valence-corrected chi connectivity index (χ3v) is 6.29. The van der Waals surface area contributed by atoms with Crippen LogP contribution in [0.15, 0.2) is 24.3 Å². The van der Waals surface area contributed by atoms with E-state index in [-0.39, 0.29) is 0 Å². The average Bonchev–Trinajstić information content (AvgIpc) is 2.70. The number of hydrogen-bond acceptors (Lipinski definition) is 1. The van der Waals surface area contributed by atoms with E-state index in [0.29, 0.717) is 17.9 Å². The Morgan fingerprint density at radius 3 is 1.68 bits per heavy atom. The maximum Gasteiger partial charge on any atom is 0.0108 e. The summed E-state index contributed by atoms with van der Waals surface area (Å²) in [5, 5.41) is 0. The van der Waals surface area contributed by atoms with Gasteiger partial charge in [0.1, 0.15) is 0 Å². The number of benzene rings is 1. The van der Waals surface area contributed by atoms with Gasteiger partial charge in [-0.05, 0) is 35.8 Å². The highest BCUT2D eigenvalue weighted by atomic mass is 14.6. The Morgan fingerprint density at radius 2 is 1.11 bits per heavy atom. The fourth-order valence-electron chi connectivity index (χ4n) is 4.48. The van der Waals surface area contributed by atoms with Gasteiger partial charge in [-0.25, -0.2) is 0 Å². The molecule has 0 aromatic heterocycles. The molecule has 162 valence electrons. The van der Waals surface area contributed by atoms with E-state index in [0.717, 1.165) is 0 Å². The summed E-state index contributed by atoms with van der Waals surface area (Å²) in [6.07, 6.45) is 18.8. The fourth-order valence-corrected chi connectivity index (χ4v) is 4.48. The Labute approximate surface area is 176 Å². The highest BCUT2D eigenvalue weighted by Gasteiger charge is 2.22. The molecule has 2 atom stereocenters. The van der Waals surface area contributed by atoms with Crippen molar-refractivity contribution in [3.63, 3.8) is 0 Å². The molecule has 1 aromatic carbocycles. The highest BCUT2D eigenvalue weighted by Crippen LogP contribution is 2.33. The molecule has 0 fully saturated rings. The van der Waals surface area contributed by atoms with Crippen LogP contribution in [-0.2, 0) is 0 Å². The van der Waals surface area contributed by atoms with Crippen LogP contribution in [0.2, 0.25) is 0 Å². The second-order valence-electron chi connectivity index (χ2n) is 9.17. The maximum atomic E-state index is 6.80. The van der Waals surface area contributed by atoms with E-state index in [9.17, 15) is 0 Å². The minimum absolute atomic E-state index is 0.307. The first-order chi connectivity index (χ1) is 13.6. The second-order valence-corrected chi connectivity index (χ2v) is 9.17. The molecule has 0 amide bonds. The molecule has 28 heavy (non-hydrogen) atoms. The summed E-state index contributed by atoms with van der Waals surface area (Å²) in [4.78, 5) is 0. The van der Waals surface area contributed by atoms with E-state index in [1.54, 1.807) is 0 Å². The Balaban J connectivity index is 2.61. The topological polar surface area (TPSA) is 26.0 Å². The van der Waals surface area contributed by atoms with Crippen molar-refractivity contribution in [3.05, 3.63) is 35.4 Å². The molecule has 0 saturated heterocycles. The monoisotopic (exact) mass is 387 g/mol. The van der Waals surface area contributed by atoms with Crippen molar-refractivity contribution in [1.82, 2.24) is 0 Å². The SMILES string of the molecule is CCCCCCCCCCC(c1ccccc1C(C)C)C(N)CCCCCC. The molecule has 1 nitrogen and oxygen atoms in total. The molecule has 0 radical (unpaired) electrons. The standard InChI is InChI=1S/C27H49N/c1-5-7-9-11-12-13-14-15-21-26(27(28)22-16-10-8-6-2)25-20-18-17-19-24(25)23(3)4/h17-20,23,26-27H,5-16,21-22,28H2,1-4H3. The Kier molecular flexibility index (Phi) is 14.4. The summed E-state index contributed by atoms with van der Waals surface area (Å²) in [6.45, 7) is 9.21. The summed E-state index contributed by atoms with van der Waals surface area (Å²) in [7, 11) is 0. The number of nitrogens with two attached hydrogens (primary N) is 1. The van der Waals surface area contributed by atoms with Gasteiger partial charge in [0.05, 0.1) is 0 Å². The van der Waals surface area contributed by atoms with Gasteiger partial charge in [0.15, 0.2) is 0 Å². The van der Waals surface area contributed by atoms with Crippen molar-refractivity contribution < 1.29 is 0 Å². The lowest BCUT2D eigenvalue weighted by Crippen LogP contribution is -2.29. The van der Waals surface area contributed by atoms with Crippen LogP contribution in [0.1, 0.15) is 141 Å². The predicted octanol–water partition coefficient (Wildman–Crippen LogP) is 8.72. The molecule has 0 saturated carbocycles. The van der Waals surface area contributed by atoms with Gasteiger partial charge in [0.2, 0.25) is 0 Å². The second kappa shape index (κ2) is 16.0. The molecule has 0 spiro atoms. The average molecular weight is 388 g/mol. The molecule has 2 N–H and O–H groups in total. The number of rotatable bonds is 17. The Hall–Kier alpha value is -0.820. The summed E-state index contributed by atoms with van der Waals surface area (Å²) < 4.78 is 0. The van der Waals surface area contributed by atoms with Gasteiger partial charge in [-0.1, -0.05) is 129 Å². The van der Waals surface area contributed by atoms with Crippen LogP contribution in [0.5, 0.6) is 0 Å². The Bertz CT molecular complexity index is 479. The maximum absolute atomic E-state index is 6.80. The molecule has 0 heterocycles. The van der Waals surface area contributed by atoms with Crippen molar-refractivity contribution in [2.45, 2.75) is 135 Å². The van der Waals surface area contributed by atoms with Gasteiger partial charge in [0, 0.05) is 6.04 Å². The normalized spacial score (nSPS) is 13.8. The smallest absolute Gasteiger partial charge is 0.0108 e. The van der Waals surface area contributed by atoms with E-state index < -0.39 is 0 Å². The molecule has 1 heteroatoms. The van der Waals surface area contributed by atoms with E-state index in [4.69, 9.17) is 5.73 Å². The fraction of sp³-hybridized carbons (Fsp3) is 0.778. The van der Waals surface area contributed by atoms with Crippen molar-refractivity contribution in [1.29, 1.82) is 0 Å². The zero-order chi connectivity index (χ0) is 20.6. The quantitative estimate of drug-likeness (QED) is 0.266. The third-order valence-electron chi connectivity index (χ3n) is 6.29. The highest BCUT2D eigenvalue weighted by molar-refractivity contribution is 5.33. The van der Waals surface area contributed by atoms with Crippen LogP contribution < -0.4 is 5.73 Å². The van der Waals surface area contributed by atoms with Crippen molar-refractivity contribution in [3.8, 4) is 0 Å². The summed E-state index contributed by atoms with van der Waals surface area (Å²) >= 11 is 0. The Morgan fingerprint density at radius 1 is 0.643 bits per heavy atom. The molecular weight excluding hydrogens is 338 g/mol. The van der Waals surface area contributed by atoms with Crippen molar-refractivity contribution in [2.24, 2.45) is 5.73 Å². The van der Waals surface area contributed by atoms with E-state index >= 15 is 0 Å². The summed E-state index contributed by atoms with van der Waals surface area (Å²) in [5.41, 5.74) is 9.84. The lowest BCUT2D eigenvalue weighted by Gasteiger charge is -2.28. The minimum Gasteiger partial charge on any atom is -0.327 e. The van der Waals surface area contributed by atoms with Crippen LogP contribution in [0, 0.1) is 0 Å². The van der Waals surface area contributed by atoms with E-state index in [2.05, 4.69) is 52.0 Å². The van der Waals surface area contributed by atoms with Gasteiger partial charge in [0.25, 0.3) is 0 Å². The molecule has 1 aromatic rings. The first-order valence-corrected chi connectivity index (χ1v) is 12.5. The van der Waals surface area contributed by atoms with Crippen LogP contribution >= 0.6 is 0 Å². The van der Waals surface area contributed by atoms with Crippen molar-refractivity contribution in [2.75, 3.05) is 0 Å². The number of hydrogen-bond donors (Lipinski definition) is 1. The van der Waals surface area contributed by atoms with Gasteiger partial charge in [-0.2, -0.15) is 0 Å². The lowest BCUT2D eigenvalue weighted by molar-refractivity contribution is 0.430. The third kappa shape index (κ3) is 10.1. The summed E-state index contributed by atoms with van der Waals surface area (Å²) in [5.74, 6) is 1.10. The molecule has 1 rings (SSSR count). The molecule has 0 aliphatic rings. The van der Waals surface area contributed by atoms with Crippen molar-refractivity contribution >= 4 is 0 Å². The lowest BCUT2D eigenvalue weighted by atomic mass is 9.80. The summed E-state index contributed by atoms with van der Waals surface area (Å²) in [6, 6.07) is 9.40. The largest absolute Gasteiger partial charge is 0.327 e. The molecule has 0 bridgehead atoms. The predicted molar refractivity (Wildman–Crippen MR) is 127 cm³/mol. The van der Waals surface area contributed by atoms with Crippen LogP contribution in [0.3, 0.4) is 0 Å². The van der Waals surface area contributed by atoms with E-state index in [1.807, 2.05) is 0 Å².